The molecule has 0 saturated heterocycles. The van der Waals surface area contributed by atoms with Crippen LogP contribution in [0, 0.1) is 16.0 Å². The van der Waals surface area contributed by atoms with E-state index in [9.17, 15) is 24.5 Å². The molecule has 0 atom stereocenters. The van der Waals surface area contributed by atoms with Crippen LogP contribution in [-0.4, -0.2) is 65.4 Å². The number of aliphatic hydroxyl groups excluding tert-OH is 1. The van der Waals surface area contributed by atoms with E-state index in [1.54, 1.807) is 0 Å². The van der Waals surface area contributed by atoms with Crippen LogP contribution >= 0.6 is 0 Å². The Morgan fingerprint density at radius 2 is 2.03 bits per heavy atom. The number of nitro benzene ring substituents is 1. The SMILES string of the molecule is COCCN(C(=O)CNc1cc([N+](=O)[O-])ccc1NCCO)c1c(N)n(CC(C)C)c(=O)[nH]c1=O. The number of non-ortho nitro benzene ring substituents is 1. The van der Waals surface area contributed by atoms with Crippen molar-refractivity contribution >= 4 is 34.5 Å². The molecule has 0 aliphatic rings. The average molecular weight is 494 g/mol. The molecule has 1 aromatic heterocycles. The molecule has 0 unspecified atom stereocenters. The highest BCUT2D eigenvalue weighted by molar-refractivity contribution is 5.98. The Balaban J connectivity index is 2.41. The van der Waals surface area contributed by atoms with E-state index in [0.717, 1.165) is 4.90 Å². The molecule has 35 heavy (non-hydrogen) atoms. The summed E-state index contributed by atoms with van der Waals surface area (Å²) in [4.78, 5) is 52.1. The van der Waals surface area contributed by atoms with Gasteiger partial charge in [0, 0.05) is 38.9 Å². The molecular formula is C21H31N7O7. The molecule has 6 N–H and O–H groups in total. The first-order valence-electron chi connectivity index (χ1n) is 10.9. The first-order valence-corrected chi connectivity index (χ1v) is 10.9. The van der Waals surface area contributed by atoms with Crippen LogP contribution in [0.1, 0.15) is 13.8 Å². The summed E-state index contributed by atoms with van der Waals surface area (Å²) >= 11 is 0. The second kappa shape index (κ2) is 12.5. The molecule has 0 aliphatic heterocycles. The number of carbonyl (C=O) groups excluding carboxylic acids is 1. The number of amides is 1. The van der Waals surface area contributed by atoms with Crippen LogP contribution < -0.4 is 32.5 Å². The van der Waals surface area contributed by atoms with Crippen molar-refractivity contribution in [2.75, 3.05) is 61.2 Å². The highest BCUT2D eigenvalue weighted by atomic mass is 16.6. The van der Waals surface area contributed by atoms with Gasteiger partial charge in [-0.2, -0.15) is 0 Å². The molecule has 1 aromatic carbocycles. The highest BCUT2D eigenvalue weighted by Crippen LogP contribution is 2.27. The third-order valence-corrected chi connectivity index (χ3v) is 4.92. The van der Waals surface area contributed by atoms with Gasteiger partial charge in [-0.1, -0.05) is 13.8 Å². The number of benzene rings is 1. The molecule has 192 valence electrons. The third-order valence-electron chi connectivity index (χ3n) is 4.92. The predicted octanol–water partition coefficient (Wildman–Crippen LogP) is 0.179. The number of hydrogen-bond acceptors (Lipinski definition) is 10. The lowest BCUT2D eigenvalue weighted by Crippen LogP contribution is -2.44. The number of nitro groups is 1. The number of hydrogen-bond donors (Lipinski definition) is 5. The monoisotopic (exact) mass is 493 g/mol. The van der Waals surface area contributed by atoms with Crippen LogP contribution in [-0.2, 0) is 16.1 Å². The third kappa shape index (κ3) is 7.04. The fourth-order valence-electron chi connectivity index (χ4n) is 3.33. The topological polar surface area (TPSA) is 198 Å². The van der Waals surface area contributed by atoms with Crippen molar-refractivity contribution in [1.82, 2.24) is 9.55 Å². The van der Waals surface area contributed by atoms with Crippen LogP contribution in [0.5, 0.6) is 0 Å². The van der Waals surface area contributed by atoms with Gasteiger partial charge in [-0.05, 0) is 12.0 Å². The van der Waals surface area contributed by atoms with Crippen molar-refractivity contribution in [1.29, 1.82) is 0 Å². The Morgan fingerprint density at radius 1 is 1.31 bits per heavy atom. The first-order chi connectivity index (χ1) is 16.6. The summed E-state index contributed by atoms with van der Waals surface area (Å²) in [6, 6.07) is 3.99. The van der Waals surface area contributed by atoms with Crippen LogP contribution in [0.25, 0.3) is 0 Å². The number of methoxy groups -OCH3 is 1. The van der Waals surface area contributed by atoms with Crippen LogP contribution in [0.15, 0.2) is 27.8 Å². The van der Waals surface area contributed by atoms with Crippen molar-refractivity contribution in [3.05, 3.63) is 49.2 Å². The molecule has 0 aliphatic carbocycles. The highest BCUT2D eigenvalue weighted by Gasteiger charge is 2.24. The number of aromatic amines is 1. The van der Waals surface area contributed by atoms with Gasteiger partial charge >= 0.3 is 5.69 Å². The summed E-state index contributed by atoms with van der Waals surface area (Å²) in [5, 5.41) is 26.0. The summed E-state index contributed by atoms with van der Waals surface area (Å²) in [7, 11) is 1.43. The summed E-state index contributed by atoms with van der Waals surface area (Å²) in [5.74, 6) is -0.705. The molecule has 14 nitrogen and oxygen atoms in total. The standard InChI is InChI=1S/C21H31N7O7/c1-13(2)12-27-19(22)18(20(31)25-21(27)32)26(7-9-35-3)17(30)11-24-16-10-14(28(33)34)4-5-15(16)23-6-8-29/h4-5,10,13,23-24,29H,6-9,11-12,22H2,1-3H3,(H,25,31,32). The number of nitrogen functional groups attached to an aromatic ring is 1. The van der Waals surface area contributed by atoms with Crippen LogP contribution in [0.3, 0.4) is 0 Å². The molecule has 14 heteroatoms. The van der Waals surface area contributed by atoms with E-state index in [0.29, 0.717) is 5.69 Å². The molecule has 1 amide bonds. The van der Waals surface area contributed by atoms with Gasteiger partial charge in [-0.3, -0.25) is 29.3 Å². The molecule has 0 saturated carbocycles. The fourth-order valence-corrected chi connectivity index (χ4v) is 3.33. The van der Waals surface area contributed by atoms with Crippen molar-refractivity contribution < 1.29 is 19.6 Å². The number of nitrogens with two attached hydrogens (primary N) is 1. The Morgan fingerprint density at radius 3 is 2.63 bits per heavy atom. The Bertz CT molecular complexity index is 1160. The zero-order valence-corrected chi connectivity index (χ0v) is 19.9. The molecule has 0 spiro atoms. The van der Waals surface area contributed by atoms with Gasteiger partial charge < -0.3 is 31.1 Å². The number of rotatable bonds is 13. The second-order valence-corrected chi connectivity index (χ2v) is 8.03. The summed E-state index contributed by atoms with van der Waals surface area (Å²) < 4.78 is 6.26. The minimum Gasteiger partial charge on any atom is -0.395 e. The molecule has 2 aromatic rings. The van der Waals surface area contributed by atoms with Gasteiger partial charge in [0.25, 0.3) is 11.2 Å². The van der Waals surface area contributed by atoms with E-state index in [2.05, 4.69) is 15.6 Å². The van der Waals surface area contributed by atoms with Gasteiger partial charge in [0.05, 0.1) is 36.1 Å². The van der Waals surface area contributed by atoms with Gasteiger partial charge in [-0.25, -0.2) is 4.79 Å². The minimum absolute atomic E-state index is 0.0330. The summed E-state index contributed by atoms with van der Waals surface area (Å²) in [6.07, 6.45) is 0. The lowest BCUT2D eigenvalue weighted by molar-refractivity contribution is -0.384. The van der Waals surface area contributed by atoms with Gasteiger partial charge in [0.15, 0.2) is 5.69 Å². The quantitative estimate of drug-likeness (QED) is 0.189. The Hall–Kier alpha value is -3.91. The minimum atomic E-state index is -0.822. The zero-order valence-electron chi connectivity index (χ0n) is 19.9. The number of nitrogens with zero attached hydrogens (tertiary/aromatic N) is 3. The maximum atomic E-state index is 13.2. The van der Waals surface area contributed by atoms with Gasteiger partial charge in [0.1, 0.15) is 5.82 Å². The Labute approximate surface area is 200 Å². The molecule has 1 heterocycles. The predicted molar refractivity (Wildman–Crippen MR) is 132 cm³/mol. The second-order valence-electron chi connectivity index (χ2n) is 8.03. The van der Waals surface area contributed by atoms with E-state index < -0.39 is 22.1 Å². The lowest BCUT2D eigenvalue weighted by Gasteiger charge is -2.25. The zero-order chi connectivity index (χ0) is 26.1. The number of H-pyrrole nitrogens is 1. The number of carbonyl (C=O) groups is 1. The van der Waals surface area contributed by atoms with Gasteiger partial charge in [-0.15, -0.1) is 0 Å². The van der Waals surface area contributed by atoms with E-state index in [4.69, 9.17) is 15.6 Å². The van der Waals surface area contributed by atoms with Crippen molar-refractivity contribution in [2.45, 2.75) is 20.4 Å². The molecular weight excluding hydrogens is 462 g/mol. The Kier molecular flexibility index (Phi) is 9.78. The molecule has 0 bridgehead atoms. The van der Waals surface area contributed by atoms with Crippen LogP contribution in [0.2, 0.25) is 0 Å². The average Bonchev–Trinajstić information content (AvgIpc) is 2.80. The smallest absolute Gasteiger partial charge is 0.330 e. The van der Waals surface area contributed by atoms with E-state index in [1.807, 2.05) is 13.8 Å². The van der Waals surface area contributed by atoms with Crippen molar-refractivity contribution in [2.24, 2.45) is 5.92 Å². The van der Waals surface area contributed by atoms with E-state index in [-0.39, 0.29) is 68.2 Å². The van der Waals surface area contributed by atoms with Crippen molar-refractivity contribution in [3.8, 4) is 0 Å². The first kappa shape index (κ1) is 27.3. The summed E-state index contributed by atoms with van der Waals surface area (Å²) in [5.41, 5.74) is 4.95. The number of ether oxygens (including phenoxy) is 1. The maximum absolute atomic E-state index is 13.2. The molecule has 0 fully saturated rings. The number of nitrogens with one attached hydrogen (secondary N) is 3. The summed E-state index contributed by atoms with van der Waals surface area (Å²) in [6.45, 7) is 3.67. The number of anilines is 4. The van der Waals surface area contributed by atoms with Crippen molar-refractivity contribution in [3.63, 3.8) is 0 Å². The lowest BCUT2D eigenvalue weighted by atomic mass is 10.2. The largest absolute Gasteiger partial charge is 0.395 e. The molecule has 2 rings (SSSR count). The fraction of sp³-hybridized carbons (Fsp3) is 0.476. The van der Waals surface area contributed by atoms with E-state index >= 15 is 0 Å². The normalized spacial score (nSPS) is 10.9. The van der Waals surface area contributed by atoms with Crippen LogP contribution in [0.4, 0.5) is 28.6 Å². The maximum Gasteiger partial charge on any atom is 0.330 e. The van der Waals surface area contributed by atoms with Gasteiger partial charge in [0.2, 0.25) is 5.91 Å². The molecule has 0 radical (unpaired) electrons. The van der Waals surface area contributed by atoms with E-state index in [1.165, 1.54) is 29.9 Å². The number of aromatic nitrogens is 2. The number of aliphatic hydroxyl groups is 1.